The van der Waals surface area contributed by atoms with Crippen LogP contribution < -0.4 is 5.32 Å². The first-order valence-electron chi connectivity index (χ1n) is 8.37. The quantitative estimate of drug-likeness (QED) is 0.635. The van der Waals surface area contributed by atoms with Gasteiger partial charge in [-0.1, -0.05) is 42.5 Å². The van der Waals surface area contributed by atoms with Crippen molar-refractivity contribution in [2.75, 3.05) is 5.32 Å². The number of carbonyl (C=O) groups is 1. The van der Waals surface area contributed by atoms with Crippen molar-refractivity contribution >= 4 is 11.6 Å². The molecule has 0 saturated heterocycles. The van der Waals surface area contributed by atoms with Crippen LogP contribution in [0.2, 0.25) is 0 Å². The number of halogens is 2. The van der Waals surface area contributed by atoms with Crippen LogP contribution in [0.5, 0.6) is 0 Å². The molecule has 5 heteroatoms. The second-order valence-electron chi connectivity index (χ2n) is 5.95. The minimum Gasteiger partial charge on any atom is -0.325 e. The number of amides is 1. The van der Waals surface area contributed by atoms with Crippen LogP contribution in [-0.2, 0) is 11.2 Å². The highest BCUT2D eigenvalue weighted by Crippen LogP contribution is 2.23. The molecular formula is C21H18F2N2O. The van der Waals surface area contributed by atoms with E-state index in [0.717, 1.165) is 17.5 Å². The molecule has 0 spiro atoms. The van der Waals surface area contributed by atoms with Gasteiger partial charge in [0.25, 0.3) is 0 Å². The average Bonchev–Trinajstić information content (AvgIpc) is 2.65. The molecule has 0 aliphatic carbocycles. The van der Waals surface area contributed by atoms with Crippen LogP contribution in [0.1, 0.15) is 18.4 Å². The van der Waals surface area contributed by atoms with Crippen molar-refractivity contribution in [1.82, 2.24) is 4.98 Å². The van der Waals surface area contributed by atoms with E-state index in [-0.39, 0.29) is 11.7 Å². The molecule has 1 heterocycles. The van der Waals surface area contributed by atoms with Gasteiger partial charge in [0.2, 0.25) is 11.9 Å². The highest BCUT2D eigenvalue weighted by molar-refractivity contribution is 5.90. The van der Waals surface area contributed by atoms with Crippen LogP contribution >= 0.6 is 0 Å². The first-order chi connectivity index (χ1) is 12.6. The molecule has 0 unspecified atom stereocenters. The van der Waals surface area contributed by atoms with Crippen LogP contribution in [0, 0.1) is 11.8 Å². The Bertz CT molecular complexity index is 877. The van der Waals surface area contributed by atoms with Gasteiger partial charge in [-0.05, 0) is 42.2 Å². The van der Waals surface area contributed by atoms with Gasteiger partial charge >= 0.3 is 0 Å². The maximum atomic E-state index is 13.8. The predicted molar refractivity (Wildman–Crippen MR) is 97.6 cm³/mol. The summed E-state index contributed by atoms with van der Waals surface area (Å²) >= 11 is 0. The SMILES string of the molecule is O=C(CCCc1ccc(-c2ccccc2F)cc1)Nc1ccc(F)nc1. The van der Waals surface area contributed by atoms with Crippen LogP contribution in [0.15, 0.2) is 66.9 Å². The van der Waals surface area contributed by atoms with Crippen molar-refractivity contribution in [1.29, 1.82) is 0 Å². The molecule has 0 fully saturated rings. The highest BCUT2D eigenvalue weighted by atomic mass is 19.1. The molecule has 1 amide bonds. The molecular weight excluding hydrogens is 334 g/mol. The Morgan fingerprint density at radius 1 is 0.962 bits per heavy atom. The highest BCUT2D eigenvalue weighted by Gasteiger charge is 2.06. The van der Waals surface area contributed by atoms with E-state index < -0.39 is 5.95 Å². The maximum absolute atomic E-state index is 13.8. The molecule has 26 heavy (non-hydrogen) atoms. The van der Waals surface area contributed by atoms with Crippen molar-refractivity contribution in [3.63, 3.8) is 0 Å². The third-order valence-corrected chi connectivity index (χ3v) is 4.02. The van der Waals surface area contributed by atoms with Gasteiger partial charge in [-0.3, -0.25) is 4.79 Å². The second-order valence-corrected chi connectivity index (χ2v) is 5.95. The lowest BCUT2D eigenvalue weighted by atomic mass is 10.0. The summed E-state index contributed by atoms with van der Waals surface area (Å²) in [6.07, 6.45) is 3.06. The van der Waals surface area contributed by atoms with Crippen molar-refractivity contribution in [2.24, 2.45) is 0 Å². The third-order valence-electron chi connectivity index (χ3n) is 4.02. The molecule has 132 valence electrons. The topological polar surface area (TPSA) is 42.0 Å². The Hall–Kier alpha value is -3.08. The van der Waals surface area contributed by atoms with Gasteiger partial charge in [-0.2, -0.15) is 4.39 Å². The molecule has 0 atom stereocenters. The average molecular weight is 352 g/mol. The minimum absolute atomic E-state index is 0.138. The van der Waals surface area contributed by atoms with Crippen molar-refractivity contribution in [2.45, 2.75) is 19.3 Å². The maximum Gasteiger partial charge on any atom is 0.224 e. The van der Waals surface area contributed by atoms with Crippen LogP contribution in [0.25, 0.3) is 11.1 Å². The third kappa shape index (κ3) is 4.72. The number of hydrogen-bond donors (Lipinski definition) is 1. The number of benzene rings is 2. The van der Waals surface area contributed by atoms with Gasteiger partial charge < -0.3 is 5.32 Å². The fourth-order valence-electron chi connectivity index (χ4n) is 2.67. The number of aromatic nitrogens is 1. The smallest absolute Gasteiger partial charge is 0.224 e. The number of anilines is 1. The zero-order valence-electron chi connectivity index (χ0n) is 14.1. The molecule has 2 aromatic carbocycles. The summed E-state index contributed by atoms with van der Waals surface area (Å²) in [5.74, 6) is -0.963. The van der Waals surface area contributed by atoms with E-state index >= 15 is 0 Å². The summed E-state index contributed by atoms with van der Waals surface area (Å²) in [7, 11) is 0. The number of hydrogen-bond acceptors (Lipinski definition) is 2. The van der Waals surface area contributed by atoms with Crippen LogP contribution in [0.4, 0.5) is 14.5 Å². The number of aryl methyl sites for hydroxylation is 1. The van der Waals surface area contributed by atoms with Crippen molar-refractivity contribution in [3.05, 3.63) is 84.2 Å². The second kappa shape index (κ2) is 8.34. The van der Waals surface area contributed by atoms with Gasteiger partial charge in [0.05, 0.1) is 11.9 Å². The molecule has 3 nitrogen and oxygen atoms in total. The number of carbonyl (C=O) groups excluding carboxylic acids is 1. The van der Waals surface area contributed by atoms with Crippen LogP contribution in [-0.4, -0.2) is 10.9 Å². The molecule has 1 aromatic heterocycles. The molecule has 3 rings (SSSR count). The van der Waals surface area contributed by atoms with E-state index in [1.165, 1.54) is 24.4 Å². The van der Waals surface area contributed by atoms with E-state index in [2.05, 4.69) is 10.3 Å². The lowest BCUT2D eigenvalue weighted by Crippen LogP contribution is -2.11. The van der Waals surface area contributed by atoms with Gasteiger partial charge in [0, 0.05) is 12.0 Å². The van der Waals surface area contributed by atoms with Crippen molar-refractivity contribution < 1.29 is 13.6 Å². The van der Waals surface area contributed by atoms with Gasteiger partial charge in [-0.15, -0.1) is 0 Å². The lowest BCUT2D eigenvalue weighted by Gasteiger charge is -2.07. The number of nitrogens with zero attached hydrogens (tertiary/aromatic N) is 1. The first-order valence-corrected chi connectivity index (χ1v) is 8.37. The summed E-state index contributed by atoms with van der Waals surface area (Å²) in [4.78, 5) is 15.4. The Labute approximate surface area is 150 Å². The monoisotopic (exact) mass is 352 g/mol. The van der Waals surface area contributed by atoms with E-state index in [9.17, 15) is 13.6 Å². The summed E-state index contributed by atoms with van der Waals surface area (Å²) in [6.45, 7) is 0. The van der Waals surface area contributed by atoms with Crippen LogP contribution in [0.3, 0.4) is 0 Å². The largest absolute Gasteiger partial charge is 0.325 e. The summed E-state index contributed by atoms with van der Waals surface area (Å²) in [6, 6.07) is 17.0. The molecule has 0 saturated carbocycles. The summed E-state index contributed by atoms with van der Waals surface area (Å²) in [5.41, 5.74) is 2.96. The van der Waals surface area contributed by atoms with E-state index in [1.54, 1.807) is 12.1 Å². The van der Waals surface area contributed by atoms with E-state index in [4.69, 9.17) is 0 Å². The fraction of sp³-hybridized carbons (Fsp3) is 0.143. The molecule has 0 aliphatic rings. The predicted octanol–water partition coefficient (Wildman–Crippen LogP) is 4.99. The zero-order valence-corrected chi connectivity index (χ0v) is 14.1. The molecule has 3 aromatic rings. The summed E-state index contributed by atoms with van der Waals surface area (Å²) < 4.78 is 26.5. The Balaban J connectivity index is 1.50. The number of rotatable bonds is 6. The zero-order chi connectivity index (χ0) is 18.4. The van der Waals surface area contributed by atoms with E-state index in [1.807, 2.05) is 30.3 Å². The normalized spacial score (nSPS) is 10.5. The standard InChI is InChI=1S/C21H18F2N2O/c22-19-6-2-1-5-18(19)16-10-8-15(9-11-16)4-3-7-21(26)25-17-12-13-20(23)24-14-17/h1-2,5-6,8-14H,3-4,7H2,(H,25,26). The van der Waals surface area contributed by atoms with Gasteiger partial charge in [0.1, 0.15) is 5.82 Å². The minimum atomic E-state index is -0.582. The van der Waals surface area contributed by atoms with E-state index in [0.29, 0.717) is 24.1 Å². The Morgan fingerprint density at radius 3 is 2.42 bits per heavy atom. The molecule has 1 N–H and O–H groups in total. The fourth-order valence-corrected chi connectivity index (χ4v) is 2.67. The first kappa shape index (κ1) is 17.7. The lowest BCUT2D eigenvalue weighted by molar-refractivity contribution is -0.116. The van der Waals surface area contributed by atoms with Crippen molar-refractivity contribution in [3.8, 4) is 11.1 Å². The molecule has 0 aliphatic heterocycles. The Morgan fingerprint density at radius 2 is 1.73 bits per heavy atom. The van der Waals surface area contributed by atoms with Gasteiger partial charge in [0.15, 0.2) is 0 Å². The molecule has 0 radical (unpaired) electrons. The molecule has 0 bridgehead atoms. The number of pyridine rings is 1. The summed E-state index contributed by atoms with van der Waals surface area (Å²) in [5, 5.41) is 2.68. The number of nitrogens with one attached hydrogen (secondary N) is 1. The van der Waals surface area contributed by atoms with Gasteiger partial charge in [-0.25, -0.2) is 9.37 Å². The Kier molecular flexibility index (Phi) is 5.69.